The number of carbonyl (C=O) groups excluding carboxylic acids is 3. The van der Waals surface area contributed by atoms with Gasteiger partial charge in [0, 0.05) is 68.1 Å². The Hall–Kier alpha value is -4.72. The number of nitrogens with one attached hydrogen (secondary N) is 2. The molecule has 4 aliphatic rings. The number of imide groups is 1. The predicted octanol–water partition coefficient (Wildman–Crippen LogP) is 7.15. The second kappa shape index (κ2) is 17.8. The Morgan fingerprint density at radius 3 is 2.40 bits per heavy atom. The third-order valence-electron chi connectivity index (χ3n) is 12.1. The minimum atomic E-state index is -4.62. The molecule has 2 amide bonds. The highest BCUT2D eigenvalue weighted by molar-refractivity contribution is 6.01. The molecular formula is C43H53F4N5O5. The number of anilines is 2. The van der Waals surface area contributed by atoms with E-state index >= 15 is 4.39 Å². The van der Waals surface area contributed by atoms with Crippen LogP contribution in [0.15, 0.2) is 58.5 Å². The Bertz CT molecular complexity index is 2030. The Labute approximate surface area is 331 Å². The maximum atomic E-state index is 15.9. The third-order valence-corrected chi connectivity index (χ3v) is 12.1. The number of hydrogen-bond acceptors (Lipinski definition) is 8. The summed E-state index contributed by atoms with van der Waals surface area (Å²) in [4.78, 5) is 53.3. The van der Waals surface area contributed by atoms with Crippen LogP contribution in [-0.4, -0.2) is 72.9 Å². The number of rotatable bonds is 11. The van der Waals surface area contributed by atoms with Crippen molar-refractivity contribution in [2.75, 3.05) is 50.1 Å². The fraction of sp³-hybridized carbons (Fsp3) is 0.535. The van der Waals surface area contributed by atoms with E-state index in [-0.39, 0.29) is 53.2 Å². The second-order valence-corrected chi connectivity index (χ2v) is 16.1. The number of hydrogen-bond donors (Lipinski definition) is 2. The minimum Gasteiger partial charge on any atom is -0.501 e. The average molecular weight is 796 g/mol. The first-order chi connectivity index (χ1) is 27.1. The number of ketones is 1. The van der Waals surface area contributed by atoms with Crippen LogP contribution in [0.25, 0.3) is 5.57 Å². The first kappa shape index (κ1) is 41.9. The summed E-state index contributed by atoms with van der Waals surface area (Å²) in [7, 11) is 3.28. The van der Waals surface area contributed by atoms with Crippen molar-refractivity contribution in [3.63, 3.8) is 0 Å². The number of piperidine rings is 2. The van der Waals surface area contributed by atoms with Crippen molar-refractivity contribution in [2.24, 2.45) is 18.9 Å². The lowest BCUT2D eigenvalue weighted by atomic mass is 9.90. The molecule has 2 unspecified atom stereocenters. The van der Waals surface area contributed by atoms with Crippen LogP contribution in [0.3, 0.4) is 0 Å². The molecule has 14 heteroatoms. The molecule has 1 aromatic carbocycles. The molecule has 1 aliphatic carbocycles. The topological polar surface area (TPSA) is 113 Å². The monoisotopic (exact) mass is 795 g/mol. The van der Waals surface area contributed by atoms with Crippen LogP contribution >= 0.6 is 0 Å². The minimum absolute atomic E-state index is 0.0696. The maximum Gasteiger partial charge on any atom is 0.418 e. The number of pyridine rings is 1. The molecule has 308 valence electrons. The first-order valence-electron chi connectivity index (χ1n) is 19.9. The van der Waals surface area contributed by atoms with E-state index in [4.69, 9.17) is 4.74 Å². The van der Waals surface area contributed by atoms with Gasteiger partial charge in [-0.05, 0) is 131 Å². The second-order valence-electron chi connectivity index (χ2n) is 16.1. The molecule has 0 saturated carbocycles. The Balaban J connectivity index is 1.01. The van der Waals surface area contributed by atoms with E-state index in [0.29, 0.717) is 74.2 Å². The van der Waals surface area contributed by atoms with Gasteiger partial charge in [-0.1, -0.05) is 0 Å². The number of allylic oxidation sites excluding steroid dienone is 5. The smallest absolute Gasteiger partial charge is 0.418 e. The van der Waals surface area contributed by atoms with Gasteiger partial charge in [0.1, 0.15) is 23.4 Å². The summed E-state index contributed by atoms with van der Waals surface area (Å²) in [5, 5.41) is 5.05. The van der Waals surface area contributed by atoms with E-state index in [2.05, 4.69) is 15.5 Å². The van der Waals surface area contributed by atoms with Crippen LogP contribution in [0.1, 0.15) is 86.5 Å². The van der Waals surface area contributed by atoms with Crippen LogP contribution in [0.2, 0.25) is 0 Å². The number of aryl methyl sites for hydroxylation is 1. The van der Waals surface area contributed by atoms with Crippen molar-refractivity contribution in [2.45, 2.75) is 90.3 Å². The highest BCUT2D eigenvalue weighted by Crippen LogP contribution is 2.40. The summed E-state index contributed by atoms with van der Waals surface area (Å²) in [5.41, 5.74) is 2.89. The number of amides is 2. The standard InChI is InChI=1S/C43H53F4N5O5/c1-26-27(2)42(56)50(3)25-35(26)30-20-34(57-4)21-31(37(44)22-30)18-28-6-5-14-51(15-11-28)24-33(53)19-29-12-16-52(17-13-29)39-9-7-32(23-36(39)43(45,46)47)48-38-8-10-40(54)49-41(38)55/h7,9,20,22-23,25,28-29,38,48H,5-6,8,10-19,21,24H2,1-4H3,(H,49,54,55). The van der Waals surface area contributed by atoms with Crippen LogP contribution < -0.4 is 21.1 Å². The van der Waals surface area contributed by atoms with Crippen LogP contribution in [0, 0.1) is 25.7 Å². The number of Topliss-reactive ketones (excluding diaryl/α,β-unsaturated/α-hetero) is 1. The zero-order valence-corrected chi connectivity index (χ0v) is 33.2. The fourth-order valence-electron chi connectivity index (χ4n) is 8.63. The number of carbonyl (C=O) groups is 3. The van der Waals surface area contributed by atoms with Gasteiger partial charge < -0.3 is 19.5 Å². The first-order valence-corrected chi connectivity index (χ1v) is 19.9. The van der Waals surface area contributed by atoms with Crippen molar-refractivity contribution in [1.29, 1.82) is 0 Å². The number of nitrogens with zero attached hydrogens (tertiary/aromatic N) is 3. The Kier molecular flexibility index (Phi) is 13.1. The zero-order valence-electron chi connectivity index (χ0n) is 33.2. The molecule has 6 rings (SSSR count). The molecule has 2 N–H and O–H groups in total. The molecule has 3 aliphatic heterocycles. The molecule has 3 saturated heterocycles. The van der Waals surface area contributed by atoms with Gasteiger partial charge in [0.2, 0.25) is 11.8 Å². The van der Waals surface area contributed by atoms with Crippen molar-refractivity contribution in [3.8, 4) is 0 Å². The fourth-order valence-corrected chi connectivity index (χ4v) is 8.63. The molecule has 10 nitrogen and oxygen atoms in total. The molecule has 0 radical (unpaired) electrons. The van der Waals surface area contributed by atoms with Crippen molar-refractivity contribution in [1.82, 2.24) is 14.8 Å². The molecule has 4 heterocycles. The highest BCUT2D eigenvalue weighted by atomic mass is 19.4. The van der Waals surface area contributed by atoms with Crippen molar-refractivity contribution in [3.05, 3.63) is 86.3 Å². The van der Waals surface area contributed by atoms with E-state index in [1.54, 1.807) is 38.3 Å². The third kappa shape index (κ3) is 10.2. The molecule has 0 spiro atoms. The largest absolute Gasteiger partial charge is 0.501 e. The molecule has 2 aromatic rings. The van der Waals surface area contributed by atoms with Gasteiger partial charge in [-0.15, -0.1) is 0 Å². The van der Waals surface area contributed by atoms with E-state index < -0.39 is 29.6 Å². The molecular weight excluding hydrogens is 742 g/mol. The van der Waals surface area contributed by atoms with Crippen molar-refractivity contribution < 1.29 is 36.7 Å². The van der Waals surface area contributed by atoms with Gasteiger partial charge in [0.25, 0.3) is 5.56 Å². The van der Waals surface area contributed by atoms with Gasteiger partial charge >= 0.3 is 6.18 Å². The number of halogens is 4. The summed E-state index contributed by atoms with van der Waals surface area (Å²) in [6.45, 7) is 6.25. The average Bonchev–Trinajstić information content (AvgIpc) is 3.48. The van der Waals surface area contributed by atoms with Gasteiger partial charge in [-0.2, -0.15) is 13.2 Å². The number of aromatic nitrogens is 1. The number of alkyl halides is 3. The van der Waals surface area contributed by atoms with Gasteiger partial charge in [0.05, 0.1) is 19.2 Å². The summed E-state index contributed by atoms with van der Waals surface area (Å²) in [5.74, 6) is -0.139. The zero-order chi connectivity index (χ0) is 41.0. The van der Waals surface area contributed by atoms with Gasteiger partial charge in [0.15, 0.2) is 0 Å². The maximum absolute atomic E-state index is 15.9. The molecule has 57 heavy (non-hydrogen) atoms. The molecule has 0 bridgehead atoms. The lowest BCUT2D eigenvalue weighted by Gasteiger charge is -2.35. The Morgan fingerprint density at radius 1 is 0.965 bits per heavy atom. The number of likely N-dealkylation sites (tertiary alicyclic amines) is 1. The number of methoxy groups -OCH3 is 1. The highest BCUT2D eigenvalue weighted by Gasteiger charge is 2.37. The summed E-state index contributed by atoms with van der Waals surface area (Å²) < 4.78 is 65.9. The Morgan fingerprint density at radius 2 is 1.70 bits per heavy atom. The summed E-state index contributed by atoms with van der Waals surface area (Å²) >= 11 is 0. The van der Waals surface area contributed by atoms with E-state index in [0.717, 1.165) is 49.5 Å². The van der Waals surface area contributed by atoms with Crippen LogP contribution in [-0.2, 0) is 32.3 Å². The van der Waals surface area contributed by atoms with E-state index in [1.807, 2.05) is 13.0 Å². The number of benzene rings is 1. The predicted molar refractivity (Wildman–Crippen MR) is 211 cm³/mol. The van der Waals surface area contributed by atoms with Gasteiger partial charge in [-0.3, -0.25) is 29.4 Å². The van der Waals surface area contributed by atoms with E-state index in [9.17, 15) is 32.3 Å². The molecule has 2 atom stereocenters. The summed E-state index contributed by atoms with van der Waals surface area (Å²) in [6.07, 6.45) is 5.97. The van der Waals surface area contributed by atoms with Crippen LogP contribution in [0.5, 0.6) is 0 Å². The lowest BCUT2D eigenvalue weighted by molar-refractivity contribution is -0.137. The normalized spacial score (nSPS) is 21.7. The van der Waals surface area contributed by atoms with Crippen LogP contribution in [0.4, 0.5) is 28.9 Å². The quantitative estimate of drug-likeness (QED) is 0.182. The lowest BCUT2D eigenvalue weighted by Crippen LogP contribution is -2.47. The van der Waals surface area contributed by atoms with E-state index in [1.165, 1.54) is 16.7 Å². The van der Waals surface area contributed by atoms with Crippen molar-refractivity contribution >= 4 is 34.5 Å². The van der Waals surface area contributed by atoms with Gasteiger partial charge in [-0.25, -0.2) is 4.39 Å². The molecule has 3 fully saturated rings. The molecule has 1 aromatic heterocycles. The number of ether oxygens (including phenoxy) is 1. The SMILES string of the molecule is COC1=CC(c2cn(C)c(=O)c(C)c2C)=CC(F)=C(CC2CCCN(CC(=O)CC3CCN(c4ccc(NC5CCC(=O)NC5=O)cc4C(F)(F)F)CC3)CC2)C1. The summed E-state index contributed by atoms with van der Waals surface area (Å²) in [6, 6.07) is 3.18.